The Morgan fingerprint density at radius 3 is 2.62 bits per heavy atom. The number of aliphatic hydroxyl groups is 1. The highest BCUT2D eigenvalue weighted by molar-refractivity contribution is 5.69. The lowest BCUT2D eigenvalue weighted by Gasteiger charge is -2.62. The van der Waals surface area contributed by atoms with E-state index in [0.717, 1.165) is 31.1 Å². The van der Waals surface area contributed by atoms with Crippen LogP contribution in [-0.2, 0) is 9.53 Å². The van der Waals surface area contributed by atoms with Gasteiger partial charge in [-0.25, -0.2) is 0 Å². The number of rotatable bonds is 4. The van der Waals surface area contributed by atoms with Crippen molar-refractivity contribution < 1.29 is 14.6 Å². The fourth-order valence-corrected chi connectivity index (χ4v) is 8.86. The first-order valence-corrected chi connectivity index (χ1v) is 12.2. The largest absolute Gasteiger partial charge is 0.469 e. The van der Waals surface area contributed by atoms with E-state index in [4.69, 9.17) is 10.5 Å². The molecule has 4 fully saturated rings. The molecule has 4 aliphatic carbocycles. The van der Waals surface area contributed by atoms with Gasteiger partial charge < -0.3 is 15.6 Å². The van der Waals surface area contributed by atoms with Crippen LogP contribution in [0.3, 0.4) is 0 Å². The summed E-state index contributed by atoms with van der Waals surface area (Å²) in [6, 6.07) is 0.384. The van der Waals surface area contributed by atoms with E-state index in [-0.39, 0.29) is 17.5 Å². The lowest BCUT2D eigenvalue weighted by atomic mass is 9.43. The third-order valence-corrected chi connectivity index (χ3v) is 10.6. The van der Waals surface area contributed by atoms with E-state index in [1.165, 1.54) is 45.6 Å². The molecule has 0 aliphatic heterocycles. The van der Waals surface area contributed by atoms with E-state index < -0.39 is 0 Å². The Balaban J connectivity index is 1.53. The molecule has 166 valence electrons. The molecule has 4 rings (SSSR count). The summed E-state index contributed by atoms with van der Waals surface area (Å²) in [6.07, 6.45) is 10.8. The number of carbonyl (C=O) groups is 1. The number of esters is 1. The van der Waals surface area contributed by atoms with Crippen molar-refractivity contribution in [2.45, 2.75) is 97.1 Å². The molecule has 0 aromatic heterocycles. The molecule has 4 saturated carbocycles. The fourth-order valence-electron chi connectivity index (χ4n) is 8.86. The van der Waals surface area contributed by atoms with Crippen molar-refractivity contribution in [3.8, 4) is 0 Å². The van der Waals surface area contributed by atoms with E-state index in [1.54, 1.807) is 0 Å². The lowest BCUT2D eigenvalue weighted by Crippen LogP contribution is -2.59. The predicted molar refractivity (Wildman–Crippen MR) is 115 cm³/mol. The highest BCUT2D eigenvalue weighted by atomic mass is 16.5. The van der Waals surface area contributed by atoms with Gasteiger partial charge in [-0.2, -0.15) is 0 Å². The Morgan fingerprint density at radius 1 is 1.14 bits per heavy atom. The average Bonchev–Trinajstić information content (AvgIpc) is 3.06. The Labute approximate surface area is 177 Å². The van der Waals surface area contributed by atoms with Gasteiger partial charge in [0, 0.05) is 12.5 Å². The van der Waals surface area contributed by atoms with Gasteiger partial charge in [-0.1, -0.05) is 20.8 Å². The molecule has 4 heteroatoms. The van der Waals surface area contributed by atoms with Crippen molar-refractivity contribution in [1.29, 1.82) is 0 Å². The summed E-state index contributed by atoms with van der Waals surface area (Å²) in [4.78, 5) is 11.7. The highest BCUT2D eigenvalue weighted by Crippen LogP contribution is 2.68. The smallest absolute Gasteiger partial charge is 0.305 e. The molecule has 5 unspecified atom stereocenters. The minimum absolute atomic E-state index is 0.00493. The summed E-state index contributed by atoms with van der Waals surface area (Å²) in [6.45, 7) is 7.21. The Kier molecular flexibility index (Phi) is 5.83. The van der Waals surface area contributed by atoms with Crippen LogP contribution in [0.25, 0.3) is 0 Å². The van der Waals surface area contributed by atoms with Gasteiger partial charge in [0.25, 0.3) is 0 Å². The molecule has 4 nitrogen and oxygen atoms in total. The molecule has 0 spiro atoms. The van der Waals surface area contributed by atoms with E-state index in [9.17, 15) is 9.90 Å². The first kappa shape index (κ1) is 21.6. The monoisotopic (exact) mass is 405 g/mol. The number of carbonyl (C=O) groups excluding carboxylic acids is 1. The predicted octanol–water partition coefficient (Wildman–Crippen LogP) is 4.53. The maximum absolute atomic E-state index is 11.7. The zero-order chi connectivity index (χ0) is 21.0. The van der Waals surface area contributed by atoms with Gasteiger partial charge in [0.05, 0.1) is 13.2 Å². The normalized spacial score (nSPS) is 50.2. The second-order valence-electron chi connectivity index (χ2n) is 11.6. The van der Waals surface area contributed by atoms with E-state index >= 15 is 0 Å². The fraction of sp³-hybridized carbons (Fsp3) is 0.960. The first-order chi connectivity index (χ1) is 13.7. The first-order valence-electron chi connectivity index (χ1n) is 12.2. The molecular formula is C25H43NO3. The summed E-state index contributed by atoms with van der Waals surface area (Å²) >= 11 is 0. The van der Waals surface area contributed by atoms with Crippen LogP contribution in [-0.4, -0.2) is 30.3 Å². The van der Waals surface area contributed by atoms with Gasteiger partial charge in [-0.3, -0.25) is 4.79 Å². The molecular weight excluding hydrogens is 362 g/mol. The Hall–Kier alpha value is -0.610. The minimum Gasteiger partial charge on any atom is -0.469 e. The molecule has 0 bridgehead atoms. The topological polar surface area (TPSA) is 72.5 Å². The third kappa shape index (κ3) is 3.37. The number of methoxy groups -OCH3 is 1. The SMILES string of the molecule is COC(=O)CCC(C)[C@H]1CCC2C3CCC4C[C@@H](N)CC[C@]4(C)C3C[C@H](O)[C@@]21C. The Bertz CT molecular complexity index is 623. The van der Waals surface area contributed by atoms with Crippen molar-refractivity contribution >= 4 is 5.97 Å². The van der Waals surface area contributed by atoms with Crippen molar-refractivity contribution in [3.63, 3.8) is 0 Å². The zero-order valence-corrected chi connectivity index (χ0v) is 19.0. The van der Waals surface area contributed by atoms with Crippen molar-refractivity contribution in [2.24, 2.45) is 52.1 Å². The molecule has 29 heavy (non-hydrogen) atoms. The third-order valence-electron chi connectivity index (χ3n) is 10.6. The van der Waals surface area contributed by atoms with Crippen molar-refractivity contribution in [2.75, 3.05) is 7.11 Å². The van der Waals surface area contributed by atoms with E-state index in [2.05, 4.69) is 20.8 Å². The highest BCUT2D eigenvalue weighted by Gasteiger charge is 2.63. The van der Waals surface area contributed by atoms with Crippen molar-refractivity contribution in [1.82, 2.24) is 0 Å². The molecule has 0 aromatic rings. The van der Waals surface area contributed by atoms with Gasteiger partial charge in [0.1, 0.15) is 0 Å². The van der Waals surface area contributed by atoms with E-state index in [0.29, 0.717) is 41.5 Å². The van der Waals surface area contributed by atoms with Crippen LogP contribution in [0.1, 0.15) is 85.0 Å². The van der Waals surface area contributed by atoms with Crippen molar-refractivity contribution in [3.05, 3.63) is 0 Å². The van der Waals surface area contributed by atoms with Crippen LogP contribution in [0, 0.1) is 46.3 Å². The second-order valence-corrected chi connectivity index (χ2v) is 11.6. The van der Waals surface area contributed by atoms with Crippen LogP contribution in [0.2, 0.25) is 0 Å². The maximum atomic E-state index is 11.7. The number of ether oxygens (including phenoxy) is 1. The number of fused-ring (bicyclic) bond motifs is 5. The van der Waals surface area contributed by atoms with Gasteiger partial charge in [-0.15, -0.1) is 0 Å². The molecule has 3 N–H and O–H groups in total. The molecule has 0 heterocycles. The molecule has 0 amide bonds. The number of hydrogen-bond acceptors (Lipinski definition) is 4. The summed E-state index contributed by atoms with van der Waals surface area (Å²) in [5.74, 6) is 3.66. The van der Waals surface area contributed by atoms with Gasteiger partial charge in [0.15, 0.2) is 0 Å². The van der Waals surface area contributed by atoms with Crippen LogP contribution in [0.15, 0.2) is 0 Å². The van der Waals surface area contributed by atoms with Crippen LogP contribution >= 0.6 is 0 Å². The number of nitrogens with two attached hydrogens (primary N) is 1. The van der Waals surface area contributed by atoms with E-state index in [1.807, 2.05) is 0 Å². The molecule has 0 saturated heterocycles. The van der Waals surface area contributed by atoms with Gasteiger partial charge >= 0.3 is 5.97 Å². The molecule has 10 atom stereocenters. The Morgan fingerprint density at radius 2 is 1.90 bits per heavy atom. The molecule has 0 aromatic carbocycles. The quantitative estimate of drug-likeness (QED) is 0.674. The van der Waals surface area contributed by atoms with Crippen LogP contribution in [0.4, 0.5) is 0 Å². The summed E-state index contributed by atoms with van der Waals surface area (Å²) < 4.78 is 4.86. The second kappa shape index (κ2) is 7.82. The van der Waals surface area contributed by atoms with Gasteiger partial charge in [0.2, 0.25) is 0 Å². The summed E-state index contributed by atoms with van der Waals surface area (Å²) in [5.41, 5.74) is 6.71. The minimum atomic E-state index is -0.215. The molecule has 4 aliphatic rings. The zero-order valence-electron chi connectivity index (χ0n) is 19.0. The van der Waals surface area contributed by atoms with Crippen LogP contribution in [0.5, 0.6) is 0 Å². The summed E-state index contributed by atoms with van der Waals surface area (Å²) in [7, 11) is 1.47. The van der Waals surface area contributed by atoms with Crippen LogP contribution < -0.4 is 5.73 Å². The summed E-state index contributed by atoms with van der Waals surface area (Å²) in [5, 5.41) is 11.6. The standard InChI is InChI=1S/C25H43NO3/c1-15(5-10-23(28)29-4)19-8-9-20-18-7-6-16-13-17(26)11-12-24(16,2)21(18)14-22(27)25(19,20)3/h15-22,27H,5-14,26H2,1-4H3/t15?,16?,17-,18?,19+,20?,21?,22-,24-,25+/m0/s1. The molecule has 0 radical (unpaired) electrons. The maximum Gasteiger partial charge on any atom is 0.305 e. The number of hydrogen-bond donors (Lipinski definition) is 2. The number of aliphatic hydroxyl groups excluding tert-OH is 1. The average molecular weight is 406 g/mol. The van der Waals surface area contributed by atoms with Gasteiger partial charge in [-0.05, 0) is 104 Å². The lowest BCUT2D eigenvalue weighted by molar-refractivity contribution is -0.169.